The molecular formula is C15H18ClN3O3. The van der Waals surface area contributed by atoms with E-state index in [1.807, 2.05) is 12.1 Å². The average molecular weight is 324 g/mol. The molecule has 1 saturated carbocycles. The molecule has 6 nitrogen and oxygen atoms in total. The summed E-state index contributed by atoms with van der Waals surface area (Å²) in [5.74, 6) is -1.11. The van der Waals surface area contributed by atoms with Gasteiger partial charge in [-0.1, -0.05) is 28.8 Å². The number of benzene rings is 1. The van der Waals surface area contributed by atoms with E-state index in [0.29, 0.717) is 17.9 Å². The fourth-order valence-electron chi connectivity index (χ4n) is 3.29. The molecule has 118 valence electrons. The van der Waals surface area contributed by atoms with Gasteiger partial charge in [0.1, 0.15) is 6.04 Å². The topological polar surface area (TPSA) is 95.3 Å². The molecule has 0 saturated heterocycles. The standard InChI is InChI=1S/C15H18ClN3O3/c1-22-12-6-8-15(9-7-12,13(14(20)21)18-19-17)10-2-4-11(16)5-3-10/h2-5,12-13H,6-9H2,1H3,(H,20,21)/t12?,13-,15?/m1/s1. The third-order valence-corrected chi connectivity index (χ3v) is 4.75. The van der Waals surface area contributed by atoms with E-state index in [1.165, 1.54) is 0 Å². The van der Waals surface area contributed by atoms with Crippen LogP contribution in [0.3, 0.4) is 0 Å². The van der Waals surface area contributed by atoms with E-state index in [1.54, 1.807) is 19.2 Å². The van der Waals surface area contributed by atoms with Gasteiger partial charge in [-0.2, -0.15) is 0 Å². The first kappa shape index (κ1) is 16.6. The molecule has 0 aliphatic heterocycles. The molecule has 0 aromatic heterocycles. The number of rotatable bonds is 5. The molecule has 1 aliphatic carbocycles. The Hall–Kier alpha value is -1.75. The van der Waals surface area contributed by atoms with E-state index < -0.39 is 17.4 Å². The molecule has 0 spiro atoms. The second-order valence-electron chi connectivity index (χ2n) is 5.54. The molecule has 1 aliphatic rings. The number of methoxy groups -OCH3 is 1. The zero-order valence-electron chi connectivity index (χ0n) is 12.3. The van der Waals surface area contributed by atoms with Gasteiger partial charge >= 0.3 is 5.97 Å². The highest BCUT2D eigenvalue weighted by Crippen LogP contribution is 2.44. The fraction of sp³-hybridized carbons (Fsp3) is 0.533. The van der Waals surface area contributed by atoms with Crippen molar-refractivity contribution < 1.29 is 14.6 Å². The Morgan fingerprint density at radius 1 is 1.45 bits per heavy atom. The maximum atomic E-state index is 11.7. The number of carbonyl (C=O) groups is 1. The quantitative estimate of drug-likeness (QED) is 0.505. The third kappa shape index (κ3) is 3.19. The highest BCUT2D eigenvalue weighted by Gasteiger charge is 2.46. The lowest BCUT2D eigenvalue weighted by Gasteiger charge is -2.42. The molecule has 1 atom stereocenters. The van der Waals surface area contributed by atoms with Gasteiger partial charge in [-0.3, -0.25) is 4.79 Å². The lowest BCUT2D eigenvalue weighted by molar-refractivity contribution is -0.141. The molecule has 22 heavy (non-hydrogen) atoms. The Morgan fingerprint density at radius 2 is 2.05 bits per heavy atom. The third-order valence-electron chi connectivity index (χ3n) is 4.50. The zero-order valence-corrected chi connectivity index (χ0v) is 13.0. The minimum atomic E-state index is -1.14. The van der Waals surface area contributed by atoms with Gasteiger partial charge in [0, 0.05) is 22.5 Å². The molecule has 7 heteroatoms. The Labute approximate surface area is 133 Å². The van der Waals surface area contributed by atoms with Crippen LogP contribution in [0.15, 0.2) is 29.4 Å². The summed E-state index contributed by atoms with van der Waals surface area (Å²) in [6, 6.07) is 5.96. The van der Waals surface area contributed by atoms with Crippen molar-refractivity contribution in [1.29, 1.82) is 0 Å². The maximum absolute atomic E-state index is 11.7. The van der Waals surface area contributed by atoms with Crippen LogP contribution in [-0.2, 0) is 14.9 Å². The molecule has 0 bridgehead atoms. The molecule has 0 amide bonds. The zero-order chi connectivity index (χ0) is 16.2. The van der Waals surface area contributed by atoms with Gasteiger partial charge in [-0.05, 0) is 48.9 Å². The van der Waals surface area contributed by atoms with Crippen LogP contribution in [0.2, 0.25) is 5.02 Å². The smallest absolute Gasteiger partial charge is 0.313 e. The molecule has 2 rings (SSSR count). The van der Waals surface area contributed by atoms with Crippen molar-refractivity contribution in [3.8, 4) is 0 Å². The van der Waals surface area contributed by atoms with Gasteiger partial charge in [-0.25, -0.2) is 0 Å². The van der Waals surface area contributed by atoms with Crippen LogP contribution >= 0.6 is 11.6 Å². The molecule has 1 aromatic rings. The van der Waals surface area contributed by atoms with E-state index in [9.17, 15) is 9.90 Å². The van der Waals surface area contributed by atoms with Crippen LogP contribution in [0.1, 0.15) is 31.2 Å². The fourth-order valence-corrected chi connectivity index (χ4v) is 3.42. The van der Waals surface area contributed by atoms with Gasteiger partial charge in [0.05, 0.1) is 6.10 Å². The highest BCUT2D eigenvalue weighted by molar-refractivity contribution is 6.30. The van der Waals surface area contributed by atoms with Crippen LogP contribution in [0, 0.1) is 0 Å². The molecule has 1 N–H and O–H groups in total. The van der Waals surface area contributed by atoms with Crippen LogP contribution in [-0.4, -0.2) is 30.3 Å². The first-order chi connectivity index (χ1) is 10.5. The summed E-state index contributed by atoms with van der Waals surface area (Å²) in [5, 5.41) is 13.7. The number of ether oxygens (including phenoxy) is 1. The molecular weight excluding hydrogens is 306 g/mol. The number of azide groups is 1. The van der Waals surface area contributed by atoms with E-state index >= 15 is 0 Å². The predicted molar refractivity (Wildman–Crippen MR) is 83.0 cm³/mol. The summed E-state index contributed by atoms with van der Waals surface area (Å²) in [6.07, 6.45) is 2.74. The Bertz CT molecular complexity index is 574. The summed E-state index contributed by atoms with van der Waals surface area (Å²) in [4.78, 5) is 14.4. The molecule has 0 heterocycles. The first-order valence-electron chi connectivity index (χ1n) is 7.09. The average Bonchev–Trinajstić information content (AvgIpc) is 2.53. The van der Waals surface area contributed by atoms with Gasteiger partial charge in [0.2, 0.25) is 0 Å². The maximum Gasteiger partial charge on any atom is 0.313 e. The van der Waals surface area contributed by atoms with Gasteiger partial charge in [0.15, 0.2) is 0 Å². The minimum Gasteiger partial charge on any atom is -0.481 e. The number of carboxylic acid groups (broad SMARTS) is 1. The van der Waals surface area contributed by atoms with Crippen molar-refractivity contribution in [2.45, 2.75) is 43.2 Å². The molecule has 1 aromatic carbocycles. The van der Waals surface area contributed by atoms with Gasteiger partial charge in [0.25, 0.3) is 0 Å². The van der Waals surface area contributed by atoms with Crippen molar-refractivity contribution in [2.75, 3.05) is 7.11 Å². The van der Waals surface area contributed by atoms with Crippen molar-refractivity contribution in [2.24, 2.45) is 5.11 Å². The number of aliphatic carboxylic acids is 1. The number of hydrogen-bond acceptors (Lipinski definition) is 3. The van der Waals surface area contributed by atoms with Crippen molar-refractivity contribution in [3.05, 3.63) is 45.3 Å². The Balaban J connectivity index is 2.46. The second kappa shape index (κ2) is 7.01. The van der Waals surface area contributed by atoms with E-state index in [0.717, 1.165) is 18.4 Å². The Morgan fingerprint density at radius 3 is 2.50 bits per heavy atom. The largest absolute Gasteiger partial charge is 0.481 e. The van der Waals surface area contributed by atoms with Gasteiger partial charge < -0.3 is 9.84 Å². The SMILES string of the molecule is COC1CCC(c2ccc(Cl)cc2)([C@H](N=[N+]=[N-])C(=O)O)CC1. The van der Waals surface area contributed by atoms with E-state index in [4.69, 9.17) is 21.9 Å². The normalized spacial score (nSPS) is 26.0. The van der Waals surface area contributed by atoms with E-state index in [2.05, 4.69) is 10.0 Å². The molecule has 1 fully saturated rings. The second-order valence-corrected chi connectivity index (χ2v) is 5.98. The highest BCUT2D eigenvalue weighted by atomic mass is 35.5. The Kier molecular flexibility index (Phi) is 5.29. The van der Waals surface area contributed by atoms with Crippen molar-refractivity contribution in [3.63, 3.8) is 0 Å². The lowest BCUT2D eigenvalue weighted by Crippen LogP contribution is -2.46. The summed E-state index contributed by atoms with van der Waals surface area (Å²) in [7, 11) is 1.65. The number of halogens is 1. The van der Waals surface area contributed by atoms with Crippen LogP contribution in [0.4, 0.5) is 0 Å². The summed E-state index contributed by atoms with van der Waals surface area (Å²) in [6.45, 7) is 0. The lowest BCUT2D eigenvalue weighted by atomic mass is 9.64. The number of carboxylic acids is 1. The van der Waals surface area contributed by atoms with Crippen LogP contribution < -0.4 is 0 Å². The minimum absolute atomic E-state index is 0.112. The molecule has 0 radical (unpaired) electrons. The van der Waals surface area contributed by atoms with Gasteiger partial charge in [-0.15, -0.1) is 0 Å². The summed E-state index contributed by atoms with van der Waals surface area (Å²) in [5.41, 5.74) is 8.88. The number of nitrogens with zero attached hydrogens (tertiary/aromatic N) is 3. The predicted octanol–water partition coefficient (Wildman–Crippen LogP) is 3.93. The summed E-state index contributed by atoms with van der Waals surface area (Å²) >= 11 is 5.93. The van der Waals surface area contributed by atoms with Crippen LogP contribution in [0.25, 0.3) is 10.4 Å². The number of hydrogen-bond donors (Lipinski definition) is 1. The van der Waals surface area contributed by atoms with Crippen molar-refractivity contribution in [1.82, 2.24) is 0 Å². The summed E-state index contributed by atoms with van der Waals surface area (Å²) < 4.78 is 5.37. The monoisotopic (exact) mass is 323 g/mol. The molecule has 0 unspecified atom stereocenters. The van der Waals surface area contributed by atoms with Crippen molar-refractivity contribution >= 4 is 17.6 Å². The van der Waals surface area contributed by atoms with E-state index in [-0.39, 0.29) is 6.10 Å². The first-order valence-corrected chi connectivity index (χ1v) is 7.47. The van der Waals surface area contributed by atoms with Crippen LogP contribution in [0.5, 0.6) is 0 Å².